The predicted molar refractivity (Wildman–Crippen MR) is 62.9 cm³/mol. The van der Waals surface area contributed by atoms with Crippen molar-refractivity contribution in [2.45, 2.75) is 58.9 Å². The number of esters is 1. The second-order valence-corrected chi connectivity index (χ2v) is 3.85. The SMILES string of the molecule is CCCCNC(CC)COC(=O)CCC. The van der Waals surface area contributed by atoms with Crippen molar-refractivity contribution in [2.75, 3.05) is 13.2 Å². The summed E-state index contributed by atoms with van der Waals surface area (Å²) in [6, 6.07) is 0.317. The highest BCUT2D eigenvalue weighted by Gasteiger charge is 2.08. The first-order valence-corrected chi connectivity index (χ1v) is 6.13. The molecular formula is C12H25NO2. The fraction of sp³-hybridized carbons (Fsp3) is 0.917. The summed E-state index contributed by atoms with van der Waals surface area (Å²) in [6.45, 7) is 7.79. The molecular weight excluding hydrogens is 190 g/mol. The van der Waals surface area contributed by atoms with Crippen molar-refractivity contribution >= 4 is 5.97 Å². The van der Waals surface area contributed by atoms with E-state index in [-0.39, 0.29) is 5.97 Å². The van der Waals surface area contributed by atoms with Crippen LogP contribution in [0, 0.1) is 0 Å². The standard InChI is InChI=1S/C12H25NO2/c1-4-7-9-13-11(6-3)10-15-12(14)8-5-2/h11,13H,4-10H2,1-3H3. The molecule has 0 amide bonds. The second-order valence-electron chi connectivity index (χ2n) is 3.85. The summed E-state index contributed by atoms with van der Waals surface area (Å²) in [7, 11) is 0. The van der Waals surface area contributed by atoms with E-state index < -0.39 is 0 Å². The van der Waals surface area contributed by atoms with Crippen LogP contribution in [0.25, 0.3) is 0 Å². The Hall–Kier alpha value is -0.570. The number of carbonyl (C=O) groups excluding carboxylic acids is 1. The zero-order valence-electron chi connectivity index (χ0n) is 10.3. The van der Waals surface area contributed by atoms with E-state index >= 15 is 0 Å². The molecule has 0 saturated heterocycles. The van der Waals surface area contributed by atoms with Gasteiger partial charge in [-0.3, -0.25) is 4.79 Å². The Labute approximate surface area is 93.6 Å². The Kier molecular flexibility index (Phi) is 9.59. The number of hydrogen-bond acceptors (Lipinski definition) is 3. The van der Waals surface area contributed by atoms with Crippen LogP contribution >= 0.6 is 0 Å². The van der Waals surface area contributed by atoms with Crippen molar-refractivity contribution in [1.29, 1.82) is 0 Å². The van der Waals surface area contributed by atoms with Crippen LogP contribution in [0.1, 0.15) is 52.9 Å². The summed E-state index contributed by atoms with van der Waals surface area (Å²) >= 11 is 0. The first-order chi connectivity index (χ1) is 7.24. The molecule has 3 nitrogen and oxygen atoms in total. The monoisotopic (exact) mass is 215 g/mol. The van der Waals surface area contributed by atoms with Crippen LogP contribution in [0.4, 0.5) is 0 Å². The highest BCUT2D eigenvalue weighted by Crippen LogP contribution is 1.97. The van der Waals surface area contributed by atoms with Crippen LogP contribution in [-0.4, -0.2) is 25.2 Å². The molecule has 0 aliphatic rings. The lowest BCUT2D eigenvalue weighted by Crippen LogP contribution is -2.34. The average molecular weight is 215 g/mol. The van der Waals surface area contributed by atoms with Crippen molar-refractivity contribution in [3.63, 3.8) is 0 Å². The van der Waals surface area contributed by atoms with Gasteiger partial charge in [-0.25, -0.2) is 0 Å². The molecule has 1 atom stereocenters. The van der Waals surface area contributed by atoms with Gasteiger partial charge in [0.25, 0.3) is 0 Å². The van der Waals surface area contributed by atoms with Crippen LogP contribution < -0.4 is 5.32 Å². The van der Waals surface area contributed by atoms with E-state index in [0.29, 0.717) is 19.1 Å². The smallest absolute Gasteiger partial charge is 0.305 e. The Morgan fingerprint density at radius 3 is 2.53 bits per heavy atom. The van der Waals surface area contributed by atoms with Gasteiger partial charge in [0.2, 0.25) is 0 Å². The van der Waals surface area contributed by atoms with Crippen molar-refractivity contribution in [1.82, 2.24) is 5.32 Å². The fourth-order valence-electron chi connectivity index (χ4n) is 1.27. The summed E-state index contributed by atoms with van der Waals surface area (Å²) < 4.78 is 5.16. The summed E-state index contributed by atoms with van der Waals surface area (Å²) in [5, 5.41) is 3.39. The molecule has 1 unspecified atom stereocenters. The molecule has 0 radical (unpaired) electrons. The van der Waals surface area contributed by atoms with Gasteiger partial charge in [0, 0.05) is 12.5 Å². The Morgan fingerprint density at radius 2 is 2.00 bits per heavy atom. The second kappa shape index (κ2) is 9.97. The van der Waals surface area contributed by atoms with Gasteiger partial charge in [0.15, 0.2) is 0 Å². The number of nitrogens with one attached hydrogen (secondary N) is 1. The van der Waals surface area contributed by atoms with Gasteiger partial charge in [0.1, 0.15) is 6.61 Å². The van der Waals surface area contributed by atoms with Crippen molar-refractivity contribution in [3.05, 3.63) is 0 Å². The van der Waals surface area contributed by atoms with Crippen LogP contribution in [0.3, 0.4) is 0 Å². The van der Waals surface area contributed by atoms with Crippen molar-refractivity contribution in [3.8, 4) is 0 Å². The molecule has 0 spiro atoms. The maximum absolute atomic E-state index is 11.1. The summed E-state index contributed by atoms with van der Waals surface area (Å²) in [5.74, 6) is -0.0757. The largest absolute Gasteiger partial charge is 0.464 e. The molecule has 0 aromatic heterocycles. The molecule has 0 aromatic rings. The number of ether oxygens (including phenoxy) is 1. The van der Waals surface area contributed by atoms with E-state index in [1.807, 2.05) is 6.92 Å². The molecule has 0 aromatic carbocycles. The highest BCUT2D eigenvalue weighted by molar-refractivity contribution is 5.69. The van der Waals surface area contributed by atoms with Crippen LogP contribution in [-0.2, 0) is 9.53 Å². The summed E-state index contributed by atoms with van der Waals surface area (Å²) in [6.07, 6.45) is 4.77. The first-order valence-electron chi connectivity index (χ1n) is 6.13. The van der Waals surface area contributed by atoms with Gasteiger partial charge in [0.05, 0.1) is 0 Å². The lowest BCUT2D eigenvalue weighted by molar-refractivity contribution is -0.144. The van der Waals surface area contributed by atoms with Gasteiger partial charge < -0.3 is 10.1 Å². The van der Waals surface area contributed by atoms with E-state index in [4.69, 9.17) is 4.74 Å². The van der Waals surface area contributed by atoms with Gasteiger partial charge in [-0.15, -0.1) is 0 Å². The van der Waals surface area contributed by atoms with Crippen LogP contribution in [0.15, 0.2) is 0 Å². The third kappa shape index (κ3) is 8.43. The maximum Gasteiger partial charge on any atom is 0.305 e. The van der Waals surface area contributed by atoms with E-state index in [2.05, 4.69) is 19.2 Å². The molecule has 0 saturated carbocycles. The normalized spacial score (nSPS) is 12.5. The van der Waals surface area contributed by atoms with E-state index in [1.165, 1.54) is 12.8 Å². The molecule has 90 valence electrons. The topological polar surface area (TPSA) is 38.3 Å². The third-order valence-corrected chi connectivity index (χ3v) is 2.36. The van der Waals surface area contributed by atoms with Gasteiger partial charge in [-0.05, 0) is 25.8 Å². The Morgan fingerprint density at radius 1 is 1.27 bits per heavy atom. The van der Waals surface area contributed by atoms with Gasteiger partial charge in [-0.1, -0.05) is 27.2 Å². The molecule has 1 N–H and O–H groups in total. The van der Waals surface area contributed by atoms with E-state index in [9.17, 15) is 4.79 Å². The molecule has 0 aliphatic heterocycles. The Balaban J connectivity index is 3.55. The zero-order valence-corrected chi connectivity index (χ0v) is 10.3. The first kappa shape index (κ1) is 14.4. The quantitative estimate of drug-likeness (QED) is 0.474. The molecule has 0 fully saturated rings. The lowest BCUT2D eigenvalue weighted by atomic mass is 10.2. The number of hydrogen-bond donors (Lipinski definition) is 1. The molecule has 15 heavy (non-hydrogen) atoms. The van der Waals surface area contributed by atoms with Gasteiger partial charge in [-0.2, -0.15) is 0 Å². The minimum absolute atomic E-state index is 0.0757. The lowest BCUT2D eigenvalue weighted by Gasteiger charge is -2.16. The maximum atomic E-state index is 11.1. The molecule has 0 heterocycles. The average Bonchev–Trinajstić information content (AvgIpc) is 2.23. The van der Waals surface area contributed by atoms with Crippen molar-refractivity contribution in [2.24, 2.45) is 0 Å². The zero-order chi connectivity index (χ0) is 11.5. The highest BCUT2D eigenvalue weighted by atomic mass is 16.5. The van der Waals surface area contributed by atoms with E-state index in [1.54, 1.807) is 0 Å². The molecule has 0 aliphatic carbocycles. The van der Waals surface area contributed by atoms with E-state index in [0.717, 1.165) is 19.4 Å². The minimum Gasteiger partial charge on any atom is -0.464 e. The predicted octanol–water partition coefficient (Wildman–Crippen LogP) is 2.50. The molecule has 3 heteroatoms. The minimum atomic E-state index is -0.0757. The molecule has 0 bridgehead atoms. The van der Waals surface area contributed by atoms with Crippen LogP contribution in [0.2, 0.25) is 0 Å². The number of unbranched alkanes of at least 4 members (excludes halogenated alkanes) is 1. The fourth-order valence-corrected chi connectivity index (χ4v) is 1.27. The number of rotatable bonds is 9. The third-order valence-electron chi connectivity index (χ3n) is 2.36. The Bertz CT molecular complexity index is 160. The van der Waals surface area contributed by atoms with Gasteiger partial charge >= 0.3 is 5.97 Å². The summed E-state index contributed by atoms with van der Waals surface area (Å²) in [4.78, 5) is 11.1. The van der Waals surface area contributed by atoms with Crippen LogP contribution in [0.5, 0.6) is 0 Å². The molecule has 0 rings (SSSR count). The number of carbonyl (C=O) groups is 1. The summed E-state index contributed by atoms with van der Waals surface area (Å²) in [5.41, 5.74) is 0. The van der Waals surface area contributed by atoms with Crippen molar-refractivity contribution < 1.29 is 9.53 Å².